The van der Waals surface area contributed by atoms with Gasteiger partial charge in [0.15, 0.2) is 6.54 Å². The molecular formula is C15H14NS2+. The van der Waals surface area contributed by atoms with Gasteiger partial charge in [0.2, 0.25) is 5.52 Å². The van der Waals surface area contributed by atoms with Crippen LogP contribution in [0.4, 0.5) is 0 Å². The number of hydrogen-bond donors (Lipinski definition) is 0. The minimum Gasteiger partial charge on any atom is -0.172 e. The molecule has 3 rings (SSSR count). The number of fused-ring (bicyclic) bond motifs is 1. The molecule has 1 heterocycles. The number of thioether (sulfide) groups is 1. The van der Waals surface area contributed by atoms with Gasteiger partial charge in [-0.1, -0.05) is 53.8 Å². The van der Waals surface area contributed by atoms with Gasteiger partial charge in [-0.2, -0.15) is 4.57 Å². The smallest absolute Gasteiger partial charge is 0.172 e. The number of aromatic nitrogens is 1. The Morgan fingerprint density at radius 1 is 1.00 bits per heavy atom. The lowest BCUT2D eigenvalue weighted by Crippen LogP contribution is -2.34. The Hall–Kier alpha value is -1.32. The molecule has 0 fully saturated rings. The average Bonchev–Trinajstić information content (AvgIpc) is 2.78. The van der Waals surface area contributed by atoms with Crippen LogP contribution in [-0.2, 0) is 6.54 Å². The molecule has 0 aliphatic heterocycles. The van der Waals surface area contributed by atoms with Crippen molar-refractivity contribution in [3.63, 3.8) is 0 Å². The molecule has 1 nitrogen and oxygen atoms in total. The Morgan fingerprint density at radius 3 is 2.50 bits per heavy atom. The number of nitrogens with zero attached hydrogens (tertiary/aromatic N) is 1. The van der Waals surface area contributed by atoms with Gasteiger partial charge < -0.3 is 0 Å². The first-order valence-corrected chi connectivity index (χ1v) is 7.92. The van der Waals surface area contributed by atoms with E-state index >= 15 is 0 Å². The predicted octanol–water partition coefficient (Wildman–Crippen LogP) is 3.96. The van der Waals surface area contributed by atoms with Crippen LogP contribution in [0.3, 0.4) is 0 Å². The molecule has 0 amide bonds. The molecule has 0 aliphatic carbocycles. The summed E-state index contributed by atoms with van der Waals surface area (Å²) in [6, 6.07) is 19.3. The Morgan fingerprint density at radius 2 is 1.72 bits per heavy atom. The second-order valence-electron chi connectivity index (χ2n) is 4.11. The average molecular weight is 272 g/mol. The molecule has 0 bridgehead atoms. The second-order valence-corrected chi connectivity index (χ2v) is 6.20. The molecule has 0 radical (unpaired) electrons. The van der Waals surface area contributed by atoms with Gasteiger partial charge in [-0.15, -0.1) is 0 Å². The van der Waals surface area contributed by atoms with Crippen molar-refractivity contribution < 1.29 is 4.57 Å². The largest absolute Gasteiger partial charge is 0.298 e. The fourth-order valence-electron chi connectivity index (χ4n) is 2.08. The summed E-state index contributed by atoms with van der Waals surface area (Å²) in [5, 5.41) is 0. The quantitative estimate of drug-likeness (QED) is 0.515. The number of para-hydroxylation sites is 1. The van der Waals surface area contributed by atoms with E-state index in [9.17, 15) is 0 Å². The van der Waals surface area contributed by atoms with Crippen molar-refractivity contribution >= 4 is 33.3 Å². The molecule has 0 unspecified atom stereocenters. The minimum absolute atomic E-state index is 0.945. The first-order valence-electron chi connectivity index (χ1n) is 5.88. The van der Waals surface area contributed by atoms with Gasteiger partial charge >= 0.3 is 0 Å². The van der Waals surface area contributed by atoms with Crippen LogP contribution >= 0.6 is 23.1 Å². The Labute approximate surface area is 115 Å². The predicted molar refractivity (Wildman–Crippen MR) is 79.3 cm³/mol. The van der Waals surface area contributed by atoms with E-state index in [0.29, 0.717) is 0 Å². The number of rotatable bonds is 3. The van der Waals surface area contributed by atoms with E-state index in [1.807, 2.05) is 23.1 Å². The highest BCUT2D eigenvalue weighted by Crippen LogP contribution is 2.26. The van der Waals surface area contributed by atoms with Crippen LogP contribution < -0.4 is 4.57 Å². The molecule has 0 saturated heterocycles. The molecule has 0 aliphatic rings. The lowest BCUT2D eigenvalue weighted by Gasteiger charge is -1.98. The van der Waals surface area contributed by atoms with Crippen LogP contribution in [0.25, 0.3) is 10.2 Å². The molecule has 90 valence electrons. The third kappa shape index (κ3) is 2.16. The van der Waals surface area contributed by atoms with Crippen LogP contribution in [0.1, 0.15) is 5.56 Å². The molecule has 3 heteroatoms. The van der Waals surface area contributed by atoms with Gasteiger partial charge in [0, 0.05) is 11.6 Å². The lowest BCUT2D eigenvalue weighted by molar-refractivity contribution is -0.693. The summed E-state index contributed by atoms with van der Waals surface area (Å²) in [5.74, 6) is 0. The standard InChI is InChI=1S/C15H14NS2/c1-17-15-16(11-12-7-3-2-4-8-12)13-9-5-6-10-14(13)18-15/h2-10H,11H2,1H3/q+1. The van der Waals surface area contributed by atoms with Gasteiger partial charge in [0.25, 0.3) is 4.34 Å². The highest BCUT2D eigenvalue weighted by Gasteiger charge is 2.19. The van der Waals surface area contributed by atoms with Crippen molar-refractivity contribution in [2.75, 3.05) is 6.26 Å². The molecule has 18 heavy (non-hydrogen) atoms. The van der Waals surface area contributed by atoms with Gasteiger partial charge in [0.1, 0.15) is 4.70 Å². The molecule has 2 aromatic carbocycles. The maximum Gasteiger partial charge on any atom is 0.298 e. The summed E-state index contributed by atoms with van der Waals surface area (Å²) in [6.45, 7) is 0.945. The zero-order chi connectivity index (χ0) is 12.4. The summed E-state index contributed by atoms with van der Waals surface area (Å²) in [4.78, 5) is 0. The maximum atomic E-state index is 2.40. The van der Waals surface area contributed by atoms with E-state index in [2.05, 4.69) is 65.4 Å². The fourth-order valence-corrected chi connectivity index (χ4v) is 3.96. The Kier molecular flexibility index (Phi) is 3.35. The molecule has 3 aromatic rings. The number of benzene rings is 2. The first-order chi connectivity index (χ1) is 8.88. The first kappa shape index (κ1) is 11.8. The van der Waals surface area contributed by atoms with E-state index in [4.69, 9.17) is 0 Å². The van der Waals surface area contributed by atoms with E-state index in [-0.39, 0.29) is 0 Å². The van der Waals surface area contributed by atoms with Crippen LogP contribution in [-0.4, -0.2) is 6.26 Å². The molecule has 0 atom stereocenters. The molecular weight excluding hydrogens is 258 g/mol. The minimum atomic E-state index is 0.945. The van der Waals surface area contributed by atoms with Crippen LogP contribution in [0.2, 0.25) is 0 Å². The summed E-state index contributed by atoms with van der Waals surface area (Å²) >= 11 is 3.69. The van der Waals surface area contributed by atoms with Gasteiger partial charge in [0.05, 0.1) is 0 Å². The van der Waals surface area contributed by atoms with Crippen LogP contribution in [0.15, 0.2) is 58.9 Å². The molecule has 1 aromatic heterocycles. The monoisotopic (exact) mass is 272 g/mol. The summed E-state index contributed by atoms with van der Waals surface area (Å²) < 4.78 is 5.12. The third-order valence-corrected chi connectivity index (χ3v) is 5.21. The lowest BCUT2D eigenvalue weighted by atomic mass is 10.2. The van der Waals surface area contributed by atoms with Crippen molar-refractivity contribution in [2.45, 2.75) is 10.9 Å². The summed E-state index contributed by atoms with van der Waals surface area (Å²) in [5.41, 5.74) is 2.68. The van der Waals surface area contributed by atoms with Gasteiger partial charge in [-0.25, -0.2) is 0 Å². The topological polar surface area (TPSA) is 3.88 Å². The summed E-state index contributed by atoms with van der Waals surface area (Å²) in [7, 11) is 0. The highest BCUT2D eigenvalue weighted by atomic mass is 32.2. The van der Waals surface area contributed by atoms with Crippen molar-refractivity contribution in [1.29, 1.82) is 0 Å². The van der Waals surface area contributed by atoms with Crippen molar-refractivity contribution in [2.24, 2.45) is 0 Å². The second kappa shape index (κ2) is 5.12. The maximum absolute atomic E-state index is 2.40. The van der Waals surface area contributed by atoms with Crippen molar-refractivity contribution in [3.05, 3.63) is 60.2 Å². The molecule has 0 N–H and O–H groups in total. The summed E-state index contributed by atoms with van der Waals surface area (Å²) in [6.07, 6.45) is 2.15. The van der Waals surface area contributed by atoms with E-state index < -0.39 is 0 Å². The van der Waals surface area contributed by atoms with E-state index in [1.54, 1.807) is 0 Å². The fraction of sp³-hybridized carbons (Fsp3) is 0.133. The zero-order valence-electron chi connectivity index (χ0n) is 10.2. The molecule has 0 spiro atoms. The molecule has 0 saturated carbocycles. The van der Waals surface area contributed by atoms with Crippen molar-refractivity contribution in [1.82, 2.24) is 0 Å². The van der Waals surface area contributed by atoms with Crippen LogP contribution in [0.5, 0.6) is 0 Å². The van der Waals surface area contributed by atoms with Gasteiger partial charge in [-0.3, -0.25) is 0 Å². The van der Waals surface area contributed by atoms with Crippen molar-refractivity contribution in [3.8, 4) is 0 Å². The third-order valence-electron chi connectivity index (χ3n) is 2.93. The number of hydrogen-bond acceptors (Lipinski definition) is 2. The van der Waals surface area contributed by atoms with E-state index in [1.165, 1.54) is 20.1 Å². The Balaban J connectivity index is 2.10. The van der Waals surface area contributed by atoms with E-state index in [0.717, 1.165) is 6.54 Å². The normalized spacial score (nSPS) is 10.9. The SMILES string of the molecule is CSc1sc2ccccc2[n+]1Cc1ccccc1. The van der Waals surface area contributed by atoms with Crippen LogP contribution in [0, 0.1) is 0 Å². The number of thiazole rings is 1. The van der Waals surface area contributed by atoms with Gasteiger partial charge in [-0.05, 0) is 24.1 Å². The Bertz CT molecular complexity index is 659. The zero-order valence-corrected chi connectivity index (χ0v) is 11.8. The highest BCUT2D eigenvalue weighted by molar-refractivity contribution is 8.00.